The molecule has 4 rings (SSSR count). The summed E-state index contributed by atoms with van der Waals surface area (Å²) in [6.07, 6.45) is 0. The van der Waals surface area contributed by atoms with Gasteiger partial charge in [-0.1, -0.05) is 5.10 Å². The lowest BCUT2D eigenvalue weighted by molar-refractivity contribution is -0.394. The molecule has 16 nitrogen and oxygen atoms in total. The van der Waals surface area contributed by atoms with Gasteiger partial charge in [0.2, 0.25) is 5.89 Å². The number of hydrogen-bond donors (Lipinski definition) is 2. The number of aromatic nitrogens is 2. The van der Waals surface area contributed by atoms with Gasteiger partial charge >= 0.3 is 6.01 Å². The summed E-state index contributed by atoms with van der Waals surface area (Å²) in [5.41, 5.74) is -0.898. The summed E-state index contributed by atoms with van der Waals surface area (Å²) in [5, 5.41) is 45.1. The minimum Gasteiger partial charge on any atom is -0.403 e. The maximum absolute atomic E-state index is 12.5. The Morgan fingerprint density at radius 2 is 1.21 bits per heavy atom. The van der Waals surface area contributed by atoms with Crippen LogP contribution in [0.2, 0.25) is 0 Å². The Labute approximate surface area is 210 Å². The van der Waals surface area contributed by atoms with E-state index in [1.165, 1.54) is 48.5 Å². The lowest BCUT2D eigenvalue weighted by Gasteiger charge is -2.07. The Kier molecular flexibility index (Phi) is 6.78. The Hall–Kier alpha value is -6.06. The molecule has 0 radical (unpaired) electrons. The Morgan fingerprint density at radius 3 is 1.76 bits per heavy atom. The highest BCUT2D eigenvalue weighted by atomic mass is 16.6. The highest BCUT2D eigenvalue weighted by molar-refractivity contribution is 6.06. The molecule has 16 heteroatoms. The molecule has 0 unspecified atom stereocenters. The van der Waals surface area contributed by atoms with Gasteiger partial charge in [-0.2, -0.15) is 0 Å². The van der Waals surface area contributed by atoms with Crippen molar-refractivity contribution in [1.82, 2.24) is 10.2 Å². The third-order valence-electron chi connectivity index (χ3n) is 4.96. The van der Waals surface area contributed by atoms with Crippen molar-refractivity contribution in [2.75, 3.05) is 10.6 Å². The van der Waals surface area contributed by atoms with E-state index in [0.29, 0.717) is 5.56 Å². The van der Waals surface area contributed by atoms with E-state index in [1.54, 1.807) is 0 Å². The fourth-order valence-electron chi connectivity index (χ4n) is 3.13. The molecule has 2 N–H and O–H groups in total. The van der Waals surface area contributed by atoms with E-state index in [9.17, 15) is 39.9 Å². The summed E-state index contributed by atoms with van der Waals surface area (Å²) < 4.78 is 5.36. The molecule has 4 aromatic rings. The highest BCUT2D eigenvalue weighted by Crippen LogP contribution is 2.25. The van der Waals surface area contributed by atoms with Crippen LogP contribution in [-0.4, -0.2) is 36.8 Å². The van der Waals surface area contributed by atoms with Crippen LogP contribution in [0, 0.1) is 30.3 Å². The number of hydrogen-bond acceptors (Lipinski definition) is 11. The second-order valence-corrected chi connectivity index (χ2v) is 7.45. The number of benzene rings is 3. The molecule has 0 atom stereocenters. The van der Waals surface area contributed by atoms with E-state index in [0.717, 1.165) is 18.2 Å². The highest BCUT2D eigenvalue weighted by Gasteiger charge is 2.20. The van der Waals surface area contributed by atoms with Crippen LogP contribution in [0.4, 0.5) is 28.8 Å². The number of carbonyl (C=O) groups is 2. The smallest absolute Gasteiger partial charge is 0.322 e. The summed E-state index contributed by atoms with van der Waals surface area (Å²) in [4.78, 5) is 55.6. The molecule has 1 heterocycles. The van der Waals surface area contributed by atoms with Gasteiger partial charge in [-0.05, 0) is 36.4 Å². The second kappa shape index (κ2) is 10.3. The summed E-state index contributed by atoms with van der Waals surface area (Å²) in [5.74, 6) is -1.44. The third-order valence-corrected chi connectivity index (χ3v) is 4.96. The van der Waals surface area contributed by atoms with Crippen LogP contribution >= 0.6 is 0 Å². The molecule has 0 aliphatic heterocycles. The molecule has 1 aromatic heterocycles. The molecule has 2 amide bonds. The van der Waals surface area contributed by atoms with Crippen molar-refractivity contribution in [2.45, 2.75) is 0 Å². The van der Waals surface area contributed by atoms with Crippen LogP contribution in [-0.2, 0) is 0 Å². The number of amides is 2. The molecule has 0 aliphatic rings. The maximum atomic E-state index is 12.5. The zero-order valence-corrected chi connectivity index (χ0v) is 18.8. The fourth-order valence-corrected chi connectivity index (χ4v) is 3.13. The lowest BCUT2D eigenvalue weighted by atomic mass is 10.1. The van der Waals surface area contributed by atoms with E-state index in [4.69, 9.17) is 4.42 Å². The summed E-state index contributed by atoms with van der Waals surface area (Å²) in [7, 11) is 0. The first-order chi connectivity index (χ1) is 18.1. The average Bonchev–Trinajstić information content (AvgIpc) is 3.37. The third kappa shape index (κ3) is 5.60. The molecular weight excluding hydrogens is 506 g/mol. The molecular formula is C22H13N7O9. The van der Waals surface area contributed by atoms with E-state index in [2.05, 4.69) is 20.8 Å². The number of nitro groups is 3. The van der Waals surface area contributed by atoms with E-state index >= 15 is 0 Å². The molecule has 0 saturated heterocycles. The zero-order chi connectivity index (χ0) is 27.4. The second-order valence-electron chi connectivity index (χ2n) is 7.45. The number of rotatable bonds is 8. The van der Waals surface area contributed by atoms with Gasteiger partial charge in [0.1, 0.15) is 0 Å². The molecule has 3 aromatic carbocycles. The van der Waals surface area contributed by atoms with Crippen molar-refractivity contribution in [3.8, 4) is 11.5 Å². The Morgan fingerprint density at radius 1 is 0.658 bits per heavy atom. The quantitative estimate of drug-likeness (QED) is 0.250. The number of carbonyl (C=O) groups excluding carboxylic acids is 2. The van der Waals surface area contributed by atoms with Crippen molar-refractivity contribution in [2.24, 2.45) is 0 Å². The van der Waals surface area contributed by atoms with Crippen molar-refractivity contribution in [3.05, 3.63) is 108 Å². The number of non-ortho nitro benzene ring substituents is 3. The first-order valence-electron chi connectivity index (χ1n) is 10.4. The molecule has 0 aliphatic carbocycles. The van der Waals surface area contributed by atoms with Crippen molar-refractivity contribution >= 4 is 40.6 Å². The minimum atomic E-state index is -0.852. The number of nitrogens with one attached hydrogen (secondary N) is 2. The normalized spacial score (nSPS) is 10.4. The Bertz CT molecular complexity index is 1550. The zero-order valence-electron chi connectivity index (χ0n) is 18.8. The van der Waals surface area contributed by atoms with Gasteiger partial charge in [-0.15, -0.1) is 5.10 Å². The van der Waals surface area contributed by atoms with Crippen molar-refractivity contribution in [1.29, 1.82) is 0 Å². The van der Waals surface area contributed by atoms with Crippen molar-refractivity contribution in [3.63, 3.8) is 0 Å². The number of anilines is 2. The predicted octanol–water partition coefficient (Wildman–Crippen LogP) is 3.97. The first kappa shape index (κ1) is 25.0. The lowest BCUT2D eigenvalue weighted by Crippen LogP contribution is -2.14. The fraction of sp³-hybridized carbons (Fsp3) is 0. The van der Waals surface area contributed by atoms with Gasteiger partial charge in [0.25, 0.3) is 28.9 Å². The number of nitro benzene ring substituents is 3. The van der Waals surface area contributed by atoms with Crippen LogP contribution in [0.3, 0.4) is 0 Å². The predicted molar refractivity (Wildman–Crippen MR) is 128 cm³/mol. The summed E-state index contributed by atoms with van der Waals surface area (Å²) in [6, 6.07) is 13.1. The van der Waals surface area contributed by atoms with Gasteiger partial charge in [0.05, 0.1) is 26.4 Å². The van der Waals surface area contributed by atoms with E-state index < -0.39 is 38.0 Å². The van der Waals surface area contributed by atoms with Gasteiger partial charge in [0, 0.05) is 41.1 Å². The van der Waals surface area contributed by atoms with Gasteiger partial charge in [0.15, 0.2) is 0 Å². The minimum absolute atomic E-state index is 0.0228. The van der Waals surface area contributed by atoms with Gasteiger partial charge in [-0.25, -0.2) is 0 Å². The largest absolute Gasteiger partial charge is 0.403 e. The monoisotopic (exact) mass is 519 g/mol. The van der Waals surface area contributed by atoms with Crippen LogP contribution in [0.25, 0.3) is 11.5 Å². The number of nitrogens with zero attached hydrogens (tertiary/aromatic N) is 5. The standard InChI is InChI=1S/C22H13N7O9/c30-19(24-22-26-25-21(38-22)13-3-7-16(8-4-13)27(32)33)12-1-5-15(6-2-12)23-20(31)14-9-17(28(34)35)11-18(10-14)29(36)37/h1-11H,(H,23,31)(H,24,26,30). The Balaban J connectivity index is 1.42. The van der Waals surface area contributed by atoms with Gasteiger partial charge < -0.3 is 9.73 Å². The summed E-state index contributed by atoms with van der Waals surface area (Å²) >= 11 is 0. The van der Waals surface area contributed by atoms with Crippen LogP contribution in [0.15, 0.2) is 71.1 Å². The average molecular weight is 519 g/mol. The van der Waals surface area contributed by atoms with Crippen LogP contribution in [0.1, 0.15) is 20.7 Å². The van der Waals surface area contributed by atoms with Crippen molar-refractivity contribution < 1.29 is 28.8 Å². The molecule has 38 heavy (non-hydrogen) atoms. The van der Waals surface area contributed by atoms with Crippen LogP contribution < -0.4 is 10.6 Å². The van der Waals surface area contributed by atoms with E-state index in [-0.39, 0.29) is 34.4 Å². The SMILES string of the molecule is O=C(Nc1ccc(C(=O)Nc2nnc(-c3ccc([N+](=O)[O-])cc3)o2)cc1)c1cc([N+](=O)[O-])cc([N+](=O)[O-])c1. The van der Waals surface area contributed by atoms with Crippen LogP contribution in [0.5, 0.6) is 0 Å². The molecule has 0 fully saturated rings. The first-order valence-corrected chi connectivity index (χ1v) is 10.4. The van der Waals surface area contributed by atoms with Gasteiger partial charge in [-0.3, -0.25) is 45.2 Å². The molecule has 0 saturated carbocycles. The molecule has 190 valence electrons. The maximum Gasteiger partial charge on any atom is 0.322 e. The summed E-state index contributed by atoms with van der Waals surface area (Å²) in [6.45, 7) is 0. The molecule has 0 spiro atoms. The van der Waals surface area contributed by atoms with E-state index in [1.807, 2.05) is 0 Å². The molecule has 0 bridgehead atoms. The topological polar surface area (TPSA) is 227 Å².